The molecule has 9 atom stereocenters. The summed E-state index contributed by atoms with van der Waals surface area (Å²) in [7, 11) is 0. The van der Waals surface area contributed by atoms with E-state index in [4.69, 9.17) is 17.2 Å². The number of carbonyl (C=O) groups excluding carboxylic acids is 9. The zero-order valence-electron chi connectivity index (χ0n) is 42.9. The monoisotopic (exact) mass is 1010 g/mol. The maximum absolute atomic E-state index is 14.0. The molecule has 0 aliphatic rings. The molecule has 25 nitrogen and oxygen atoms in total. The van der Waals surface area contributed by atoms with E-state index in [2.05, 4.69) is 42.5 Å². The van der Waals surface area contributed by atoms with Crippen molar-refractivity contribution >= 4 is 65.1 Å². The summed E-state index contributed by atoms with van der Waals surface area (Å²) in [6.07, 6.45) is -0.805. The Morgan fingerprint density at radius 3 is 1.21 bits per heavy atom. The van der Waals surface area contributed by atoms with Crippen LogP contribution >= 0.6 is 0 Å². The van der Waals surface area contributed by atoms with Gasteiger partial charge in [0.2, 0.25) is 53.2 Å². The molecule has 0 aliphatic heterocycles. The first kappa shape index (κ1) is 65.0. The molecule has 406 valence electrons. The van der Waals surface area contributed by atoms with E-state index < -0.39 is 164 Å². The zero-order chi connectivity index (χ0) is 54.9. The summed E-state index contributed by atoms with van der Waals surface area (Å²) in [4.78, 5) is 144. The zero-order valence-corrected chi connectivity index (χ0v) is 42.9. The van der Waals surface area contributed by atoms with E-state index in [1.54, 1.807) is 69.2 Å². The molecule has 0 radical (unpaired) electrons. The second kappa shape index (κ2) is 32.8. The lowest BCUT2D eigenvalue weighted by atomic mass is 9.98. The summed E-state index contributed by atoms with van der Waals surface area (Å²) in [5, 5.41) is 49.1. The highest BCUT2D eigenvalue weighted by molar-refractivity contribution is 5.98. The molecule has 0 aromatic carbocycles. The van der Waals surface area contributed by atoms with Crippen molar-refractivity contribution in [1.82, 2.24) is 42.5 Å². The van der Waals surface area contributed by atoms with E-state index in [-0.39, 0.29) is 37.0 Å². The Bertz CT molecular complexity index is 1810. The molecule has 0 aliphatic carbocycles. The highest BCUT2D eigenvalue weighted by atomic mass is 16.4. The fourth-order valence-electron chi connectivity index (χ4n) is 6.93. The molecule has 25 heteroatoms. The van der Waals surface area contributed by atoms with Crippen LogP contribution in [0.1, 0.15) is 127 Å². The smallest absolute Gasteiger partial charge is 0.326 e. The number of unbranched alkanes of at least 4 members (excludes halogenated alkanes) is 1. The highest BCUT2D eigenvalue weighted by Crippen LogP contribution is 2.13. The van der Waals surface area contributed by atoms with Crippen LogP contribution in [0.4, 0.5) is 0 Å². The third-order valence-electron chi connectivity index (χ3n) is 11.2. The van der Waals surface area contributed by atoms with Crippen LogP contribution in [0.3, 0.4) is 0 Å². The molecule has 0 saturated carbocycles. The number of carbonyl (C=O) groups is 11. The number of carboxylic acids is 2. The van der Waals surface area contributed by atoms with Gasteiger partial charge in [0.15, 0.2) is 0 Å². The summed E-state index contributed by atoms with van der Waals surface area (Å²) >= 11 is 0. The molecular weight excluding hydrogens is 931 g/mol. The van der Waals surface area contributed by atoms with Gasteiger partial charge in [0.05, 0.1) is 12.6 Å². The van der Waals surface area contributed by atoms with Gasteiger partial charge < -0.3 is 75.1 Å². The van der Waals surface area contributed by atoms with Gasteiger partial charge in [-0.1, -0.05) is 69.2 Å². The van der Waals surface area contributed by atoms with Gasteiger partial charge in [0.1, 0.15) is 48.3 Å². The average Bonchev–Trinajstić information content (AvgIpc) is 3.26. The lowest BCUT2D eigenvalue weighted by Gasteiger charge is -2.29. The molecule has 0 spiro atoms. The van der Waals surface area contributed by atoms with Crippen molar-refractivity contribution < 1.29 is 68.1 Å². The predicted octanol–water partition coefficient (Wildman–Crippen LogP) is -2.41. The highest BCUT2D eigenvalue weighted by Gasteiger charge is 2.36. The minimum Gasteiger partial charge on any atom is -0.481 e. The number of carboxylic acid groups (broad SMARTS) is 2. The van der Waals surface area contributed by atoms with Crippen LogP contribution in [0.25, 0.3) is 0 Å². The van der Waals surface area contributed by atoms with Crippen LogP contribution in [0.15, 0.2) is 0 Å². The van der Waals surface area contributed by atoms with Gasteiger partial charge in [0, 0.05) is 12.8 Å². The summed E-state index contributed by atoms with van der Waals surface area (Å²) in [6, 6.07) is -12.3. The summed E-state index contributed by atoms with van der Waals surface area (Å²) in [5.41, 5.74) is 17.0. The summed E-state index contributed by atoms with van der Waals surface area (Å²) < 4.78 is 0. The minimum absolute atomic E-state index is 0.0317. The van der Waals surface area contributed by atoms with Crippen molar-refractivity contribution in [2.24, 2.45) is 46.8 Å². The van der Waals surface area contributed by atoms with E-state index in [0.717, 1.165) is 0 Å². The number of aliphatic hydroxyl groups is 1. The topological polar surface area (TPSA) is 423 Å². The SMILES string of the molecule is CC(C)C[C@H](NC(=O)[C@H](CO)NC(=O)[C@H](CCC(N)=O)NC(=O)[C@H](CC(C)C)NC(=O)[C@@H](NC(=O)[C@H](CCC(=O)O)NC(=O)[C@H](CCCCN)NC(=O)[C@@H](N)C(C)C)C(C)C)C(=O)N[C@H](C(=O)O)C(C)C. The molecule has 9 amide bonds. The first-order valence-electron chi connectivity index (χ1n) is 24.2. The number of primary amides is 1. The van der Waals surface area contributed by atoms with Gasteiger partial charge in [-0.15, -0.1) is 0 Å². The number of nitrogens with one attached hydrogen (secondary N) is 8. The number of aliphatic carboxylic acids is 2. The molecule has 0 fully saturated rings. The van der Waals surface area contributed by atoms with Gasteiger partial charge in [-0.05, 0) is 81.1 Å². The average molecular weight is 1010 g/mol. The van der Waals surface area contributed by atoms with Crippen molar-refractivity contribution in [1.29, 1.82) is 0 Å². The van der Waals surface area contributed by atoms with Gasteiger partial charge in [-0.3, -0.25) is 47.9 Å². The van der Waals surface area contributed by atoms with E-state index in [1.165, 1.54) is 0 Å². The fraction of sp³-hybridized carbons (Fsp3) is 0.761. The second-order valence-corrected chi connectivity index (χ2v) is 19.6. The van der Waals surface area contributed by atoms with Crippen molar-refractivity contribution in [2.45, 2.75) is 181 Å². The van der Waals surface area contributed by atoms with Crippen molar-refractivity contribution in [3.8, 4) is 0 Å². The van der Waals surface area contributed by atoms with Crippen molar-refractivity contribution in [3.63, 3.8) is 0 Å². The molecule has 0 aromatic rings. The molecule has 0 heterocycles. The normalized spacial score (nSPS) is 15.2. The van der Waals surface area contributed by atoms with Crippen LogP contribution in [-0.4, -0.2) is 148 Å². The standard InChI is InChI=1S/C46H83N11O14/c1-22(2)19-30(41(65)51-28(14-16-33(48)59)39(63)55-32(21-58)43(67)53-31(20-23(3)4)42(66)57-37(26(9)10)46(70)71)54-45(69)36(25(7)8)56-40(64)29(15-17-34(60)61)50-38(62)27(13-11-12-18-47)52-44(68)35(49)24(5)6/h22-32,35-37,58H,11-21,47,49H2,1-10H3,(H2,48,59)(H,50,62)(H,51,65)(H,52,68)(H,53,67)(H,54,69)(H,55,63)(H,56,64)(H,57,66)(H,60,61)(H,70,71)/t27-,28-,29-,30-,31-,32-,35-,36-,37-/m0/s1. The third kappa shape index (κ3) is 25.1. The molecular formula is C46H83N11O14. The van der Waals surface area contributed by atoms with Crippen LogP contribution < -0.4 is 59.7 Å². The molecule has 0 rings (SSSR count). The Labute approximate surface area is 416 Å². The number of nitrogens with two attached hydrogens (primary N) is 3. The van der Waals surface area contributed by atoms with Gasteiger partial charge in [-0.25, -0.2) is 4.79 Å². The lowest BCUT2D eigenvalue weighted by molar-refractivity contribution is -0.143. The molecule has 0 saturated heterocycles. The maximum atomic E-state index is 14.0. The second-order valence-electron chi connectivity index (χ2n) is 19.6. The van der Waals surface area contributed by atoms with Crippen LogP contribution in [0, 0.1) is 29.6 Å². The first-order chi connectivity index (χ1) is 33.0. The number of hydrogen-bond donors (Lipinski definition) is 14. The lowest BCUT2D eigenvalue weighted by Crippen LogP contribution is -2.61. The van der Waals surface area contributed by atoms with E-state index in [0.29, 0.717) is 19.4 Å². The third-order valence-corrected chi connectivity index (χ3v) is 11.2. The van der Waals surface area contributed by atoms with Crippen LogP contribution in [-0.2, 0) is 52.7 Å². The minimum atomic E-state index is -1.71. The summed E-state index contributed by atoms with van der Waals surface area (Å²) in [6.45, 7) is 16.0. The largest absolute Gasteiger partial charge is 0.481 e. The van der Waals surface area contributed by atoms with E-state index >= 15 is 0 Å². The quantitative estimate of drug-likeness (QED) is 0.0294. The number of aliphatic hydroxyl groups excluding tert-OH is 1. The van der Waals surface area contributed by atoms with E-state index in [1.807, 2.05) is 0 Å². The van der Waals surface area contributed by atoms with Crippen LogP contribution in [0.5, 0.6) is 0 Å². The molecule has 0 unspecified atom stereocenters. The number of rotatable bonds is 35. The van der Waals surface area contributed by atoms with Crippen LogP contribution in [0.2, 0.25) is 0 Å². The van der Waals surface area contributed by atoms with Gasteiger partial charge in [-0.2, -0.15) is 0 Å². The molecule has 17 N–H and O–H groups in total. The van der Waals surface area contributed by atoms with Gasteiger partial charge >= 0.3 is 11.9 Å². The number of hydrogen-bond acceptors (Lipinski definition) is 14. The Morgan fingerprint density at radius 2 is 0.803 bits per heavy atom. The Hall–Kier alpha value is -5.95. The van der Waals surface area contributed by atoms with Gasteiger partial charge in [0.25, 0.3) is 0 Å². The predicted molar refractivity (Wildman–Crippen MR) is 260 cm³/mol. The van der Waals surface area contributed by atoms with Crippen molar-refractivity contribution in [3.05, 3.63) is 0 Å². The first-order valence-corrected chi connectivity index (χ1v) is 24.2. The fourth-order valence-corrected chi connectivity index (χ4v) is 6.93. The Kier molecular flexibility index (Phi) is 30.1. The van der Waals surface area contributed by atoms with Crippen molar-refractivity contribution in [2.75, 3.05) is 13.2 Å². The Morgan fingerprint density at radius 1 is 0.437 bits per heavy atom. The number of amides is 9. The van der Waals surface area contributed by atoms with E-state index in [9.17, 15) is 68.1 Å². The maximum Gasteiger partial charge on any atom is 0.326 e. The Balaban J connectivity index is 6.58. The summed E-state index contributed by atoms with van der Waals surface area (Å²) in [5.74, 6) is -12.5. The molecule has 0 aromatic heterocycles. The molecule has 71 heavy (non-hydrogen) atoms. The molecule has 0 bridgehead atoms.